The number of amides is 4. The Labute approximate surface area is 494 Å². The first-order chi connectivity index (χ1) is 38.6. The highest BCUT2D eigenvalue weighted by atomic mass is 32.1. The molecule has 0 saturated carbocycles. The van der Waals surface area contributed by atoms with Gasteiger partial charge in [-0.15, -0.1) is 22.7 Å². The molecule has 1 aliphatic heterocycles. The Morgan fingerprint density at radius 2 is 0.646 bits per heavy atom. The molecule has 1 fully saturated rings. The highest BCUT2D eigenvalue weighted by molar-refractivity contribution is 7.10. The highest BCUT2D eigenvalue weighted by Gasteiger charge is 2.43. The fraction of sp³-hybridized carbons (Fsp3) is 0.562. The van der Waals surface area contributed by atoms with E-state index in [2.05, 4.69) is 26.0 Å². The van der Waals surface area contributed by atoms with E-state index in [-0.39, 0.29) is 62.2 Å². The minimum Gasteiger partial charge on any atom is -0.451 e. The number of hydrogen-bond donors (Lipinski definition) is 0. The molecule has 8 atom stereocenters. The minimum absolute atomic E-state index is 0.0976. The average Bonchev–Trinajstić information content (AvgIpc) is 4.20. The van der Waals surface area contributed by atoms with Crippen molar-refractivity contribution in [3.05, 3.63) is 115 Å². The lowest BCUT2D eigenvalue weighted by atomic mass is 9.99. The van der Waals surface area contributed by atoms with E-state index in [1.807, 2.05) is 115 Å². The quantitative estimate of drug-likeness (QED) is 0.0765. The van der Waals surface area contributed by atoms with Crippen molar-refractivity contribution in [2.24, 2.45) is 23.7 Å². The average molecular weight is 1170 g/mol. The molecular weight excluding hydrogens is 1080 g/mol. The van der Waals surface area contributed by atoms with Gasteiger partial charge in [-0.2, -0.15) is 0 Å². The second-order valence-electron chi connectivity index (χ2n) is 23.8. The van der Waals surface area contributed by atoms with E-state index < -0.39 is 96.1 Å². The number of rotatable bonds is 16. The summed E-state index contributed by atoms with van der Waals surface area (Å²) in [7, 11) is 5.64. The predicted molar refractivity (Wildman–Crippen MR) is 319 cm³/mol. The lowest BCUT2D eigenvalue weighted by molar-refractivity contribution is -0.176. The van der Waals surface area contributed by atoms with Gasteiger partial charge in [-0.05, 0) is 133 Å². The lowest BCUT2D eigenvalue weighted by Gasteiger charge is -2.35. The molecule has 0 N–H and O–H groups in total. The maximum Gasteiger partial charge on any atom is 0.329 e. The van der Waals surface area contributed by atoms with Crippen molar-refractivity contribution < 1.29 is 57.3 Å². The van der Waals surface area contributed by atoms with Gasteiger partial charge in [0.05, 0.1) is 0 Å². The molecular formula is C64H88N4O12S2. The molecule has 2 aromatic heterocycles. The van der Waals surface area contributed by atoms with Crippen LogP contribution in [0.2, 0.25) is 0 Å². The van der Waals surface area contributed by atoms with Crippen molar-refractivity contribution >= 4 is 70.2 Å². The molecule has 1 saturated heterocycles. The molecule has 0 radical (unpaired) electrons. The monoisotopic (exact) mass is 1170 g/mol. The van der Waals surface area contributed by atoms with Crippen LogP contribution in [0.15, 0.2) is 71.4 Å². The first-order valence-corrected chi connectivity index (χ1v) is 30.4. The molecule has 0 aliphatic carbocycles. The fourth-order valence-electron chi connectivity index (χ4n) is 10.0. The van der Waals surface area contributed by atoms with Crippen LogP contribution in [0.25, 0.3) is 0 Å². The van der Waals surface area contributed by atoms with Gasteiger partial charge in [0.25, 0.3) is 23.6 Å². The number of esters is 4. The van der Waals surface area contributed by atoms with Gasteiger partial charge in [-0.3, -0.25) is 19.2 Å². The molecule has 2 aromatic carbocycles. The van der Waals surface area contributed by atoms with E-state index in [4.69, 9.17) is 18.9 Å². The first kappa shape index (κ1) is 66.4. The van der Waals surface area contributed by atoms with Crippen LogP contribution in [0.3, 0.4) is 0 Å². The minimum atomic E-state index is -1.51. The molecule has 4 aromatic rings. The SMILES string of the molecule is Cc1ccsc1Cc1ccc(C[C@H]2OC(=O)[C@H](CC(C)C)N(C)C(=O)[C@@H](C)OC(=O)[C@H](CC(C)C)N(C)C(=O)[C@@H](Cc3ccc(Cc4sccc4C)cc3)OC(=O)[C@H](CC(C)C)N(C)C(=O)[C@@H](C)OC(=O)[C@H](CC(C)C)N(C)C2=O)cc1. The topological polar surface area (TPSA) is 186 Å². The Bertz CT molecular complexity index is 2620. The van der Waals surface area contributed by atoms with Gasteiger partial charge >= 0.3 is 23.9 Å². The largest absolute Gasteiger partial charge is 0.451 e. The number of likely N-dealkylation sites (N-methyl/N-ethyl adjacent to an activating group) is 4. The van der Waals surface area contributed by atoms with E-state index in [1.54, 1.807) is 22.7 Å². The van der Waals surface area contributed by atoms with Crippen LogP contribution < -0.4 is 0 Å². The third kappa shape index (κ3) is 18.3. The Morgan fingerprint density at radius 1 is 0.390 bits per heavy atom. The van der Waals surface area contributed by atoms with Crippen LogP contribution in [0.5, 0.6) is 0 Å². The van der Waals surface area contributed by atoms with Gasteiger partial charge in [0, 0.05) is 63.6 Å². The Kier molecular flexibility index (Phi) is 24.5. The Morgan fingerprint density at radius 3 is 0.902 bits per heavy atom. The van der Waals surface area contributed by atoms with Crippen molar-refractivity contribution in [1.82, 2.24) is 19.6 Å². The summed E-state index contributed by atoms with van der Waals surface area (Å²) in [5, 5.41) is 4.09. The smallest absolute Gasteiger partial charge is 0.329 e. The molecule has 4 amide bonds. The number of carbonyl (C=O) groups excluding carboxylic acids is 8. The number of benzene rings is 2. The number of nitrogens with zero attached hydrogens (tertiary/aromatic N) is 4. The molecule has 1 aliphatic rings. The standard InChI is InChI=1S/C64H88N4O12S2/c1-37(2)29-49-61(73)77-43(11)57(69)65(13)52(32-40(7)8)64(76)80-54(34-46-19-23-48(24-20-46)36-56-42(10)26-28-82-56)60(72)68(16)50(30-38(3)4)62(74)78-44(12)58(70)66(14)51(31-39(5)6)63(75)79-53(59(71)67(49)15)33-45-17-21-47(22-18-45)35-55-41(9)25-27-81-55/h17-28,37-40,43-44,49-54H,29-36H2,1-16H3/t43-,44-,49+,50+,51+,52+,53-,54-/m1/s1. The molecule has 448 valence electrons. The Balaban J connectivity index is 1.59. The number of aryl methyl sites for hydroxylation is 2. The van der Waals surface area contributed by atoms with Crippen molar-refractivity contribution in [1.29, 1.82) is 0 Å². The second kappa shape index (κ2) is 30.2. The summed E-state index contributed by atoms with van der Waals surface area (Å²) in [6, 6.07) is 14.3. The summed E-state index contributed by atoms with van der Waals surface area (Å²) in [6.07, 6.45) is -4.36. The molecule has 18 heteroatoms. The highest BCUT2D eigenvalue weighted by Crippen LogP contribution is 2.27. The van der Waals surface area contributed by atoms with Crippen molar-refractivity contribution in [2.45, 2.75) is 183 Å². The van der Waals surface area contributed by atoms with Gasteiger partial charge in [0.15, 0.2) is 24.4 Å². The third-order valence-electron chi connectivity index (χ3n) is 15.0. The number of hydrogen-bond acceptors (Lipinski definition) is 14. The van der Waals surface area contributed by atoms with E-state index in [0.717, 1.165) is 20.9 Å². The Hall–Kier alpha value is -6.40. The zero-order valence-corrected chi connectivity index (χ0v) is 52.7. The second-order valence-corrected chi connectivity index (χ2v) is 25.8. The van der Waals surface area contributed by atoms with Gasteiger partial charge in [0.1, 0.15) is 24.2 Å². The normalized spacial score (nSPS) is 23.0. The molecule has 5 rings (SSSR count). The molecule has 0 unspecified atom stereocenters. The van der Waals surface area contributed by atoms with Crippen molar-refractivity contribution in [3.63, 3.8) is 0 Å². The van der Waals surface area contributed by atoms with Gasteiger partial charge < -0.3 is 38.5 Å². The molecule has 82 heavy (non-hydrogen) atoms. The summed E-state index contributed by atoms with van der Waals surface area (Å²) in [5.41, 5.74) is 5.75. The first-order valence-electron chi connectivity index (χ1n) is 28.7. The molecule has 3 heterocycles. The number of cyclic esters (lactones) is 4. The van der Waals surface area contributed by atoms with Crippen molar-refractivity contribution in [3.8, 4) is 0 Å². The number of carbonyl (C=O) groups is 8. The van der Waals surface area contributed by atoms with Gasteiger partial charge in [0.2, 0.25) is 0 Å². The summed E-state index contributed by atoms with van der Waals surface area (Å²) in [5.74, 6) is -7.23. The van der Waals surface area contributed by atoms with E-state index in [0.29, 0.717) is 24.0 Å². The zero-order chi connectivity index (χ0) is 60.9. The van der Waals surface area contributed by atoms with Crippen LogP contribution in [0.1, 0.15) is 138 Å². The number of ether oxygens (including phenoxy) is 4. The lowest BCUT2D eigenvalue weighted by Crippen LogP contribution is -2.55. The van der Waals surface area contributed by atoms with E-state index in [1.165, 1.54) is 72.7 Å². The maximum absolute atomic E-state index is 15.0. The van der Waals surface area contributed by atoms with Crippen LogP contribution >= 0.6 is 22.7 Å². The summed E-state index contributed by atoms with van der Waals surface area (Å²) >= 11 is 3.33. The predicted octanol–water partition coefficient (Wildman–Crippen LogP) is 9.59. The van der Waals surface area contributed by atoms with Crippen LogP contribution in [-0.4, -0.2) is 144 Å². The summed E-state index contributed by atoms with van der Waals surface area (Å²) in [4.78, 5) is 125. The molecule has 16 nitrogen and oxygen atoms in total. The van der Waals surface area contributed by atoms with Crippen LogP contribution in [0, 0.1) is 37.5 Å². The fourth-order valence-corrected chi connectivity index (χ4v) is 11.9. The van der Waals surface area contributed by atoms with Gasteiger partial charge in [-0.1, -0.05) is 104 Å². The van der Waals surface area contributed by atoms with E-state index in [9.17, 15) is 28.8 Å². The van der Waals surface area contributed by atoms with Crippen LogP contribution in [0.4, 0.5) is 0 Å². The zero-order valence-electron chi connectivity index (χ0n) is 51.0. The van der Waals surface area contributed by atoms with Gasteiger partial charge in [-0.25, -0.2) is 19.2 Å². The maximum atomic E-state index is 15.0. The van der Waals surface area contributed by atoms with Crippen LogP contribution in [-0.2, 0) is 83.0 Å². The summed E-state index contributed by atoms with van der Waals surface area (Å²) in [6.45, 7) is 21.8. The third-order valence-corrected chi connectivity index (χ3v) is 17.1. The van der Waals surface area contributed by atoms with Crippen molar-refractivity contribution in [2.75, 3.05) is 28.2 Å². The van der Waals surface area contributed by atoms with E-state index >= 15 is 9.59 Å². The molecule has 0 spiro atoms. The number of thiophene rings is 2. The molecule has 0 bridgehead atoms. The summed E-state index contributed by atoms with van der Waals surface area (Å²) < 4.78 is 24.3.